The first-order valence-corrected chi connectivity index (χ1v) is 11.7. The van der Waals surface area contributed by atoms with E-state index < -0.39 is 11.9 Å². The van der Waals surface area contributed by atoms with Crippen LogP contribution < -0.4 is 20.2 Å². The highest BCUT2D eigenvalue weighted by Crippen LogP contribution is 2.23. The van der Waals surface area contributed by atoms with E-state index in [-0.39, 0.29) is 23.0 Å². The van der Waals surface area contributed by atoms with E-state index >= 15 is 0 Å². The summed E-state index contributed by atoms with van der Waals surface area (Å²) in [6.07, 6.45) is 2.30. The van der Waals surface area contributed by atoms with E-state index in [4.69, 9.17) is 32.7 Å². The number of hydrogen-bond acceptors (Lipinski definition) is 6. The monoisotopic (exact) mass is 527 g/mol. The summed E-state index contributed by atoms with van der Waals surface area (Å²) in [7, 11) is 0. The molecule has 0 aliphatic rings. The van der Waals surface area contributed by atoms with Crippen molar-refractivity contribution in [3.63, 3.8) is 0 Å². The van der Waals surface area contributed by atoms with Gasteiger partial charge in [0.15, 0.2) is 0 Å². The molecule has 186 valence electrons. The lowest BCUT2D eigenvalue weighted by molar-refractivity contribution is -0.120. The molecule has 3 aromatic rings. The normalized spacial score (nSPS) is 10.6. The van der Waals surface area contributed by atoms with E-state index in [0.29, 0.717) is 34.3 Å². The second kappa shape index (κ2) is 13.3. The number of amides is 2. The molecule has 0 spiro atoms. The van der Waals surface area contributed by atoms with Gasteiger partial charge in [0, 0.05) is 10.6 Å². The van der Waals surface area contributed by atoms with Gasteiger partial charge in [-0.2, -0.15) is 5.10 Å². The molecule has 0 aliphatic carbocycles. The number of carbonyl (C=O) groups is 3. The third-order valence-corrected chi connectivity index (χ3v) is 5.19. The molecule has 0 aromatic heterocycles. The predicted octanol–water partition coefficient (Wildman–Crippen LogP) is 4.88. The van der Waals surface area contributed by atoms with E-state index in [1.54, 1.807) is 54.6 Å². The summed E-state index contributed by atoms with van der Waals surface area (Å²) in [6, 6.07) is 17.6. The van der Waals surface area contributed by atoms with E-state index in [1.165, 1.54) is 18.3 Å². The van der Waals surface area contributed by atoms with E-state index in [9.17, 15) is 14.4 Å². The minimum atomic E-state index is -0.617. The molecule has 10 heteroatoms. The number of halogens is 2. The zero-order valence-corrected chi connectivity index (χ0v) is 20.8. The van der Waals surface area contributed by atoms with Gasteiger partial charge in [0.1, 0.15) is 11.5 Å². The number of hydrogen-bond donors (Lipinski definition) is 2. The molecule has 0 fully saturated rings. The summed E-state index contributed by atoms with van der Waals surface area (Å²) < 4.78 is 10.8. The Bertz CT molecular complexity index is 1250. The Morgan fingerprint density at radius 3 is 2.31 bits per heavy atom. The minimum absolute atomic E-state index is 0.193. The van der Waals surface area contributed by atoms with Gasteiger partial charge in [0.2, 0.25) is 0 Å². The number of hydrazone groups is 1. The van der Waals surface area contributed by atoms with Gasteiger partial charge in [-0.15, -0.1) is 0 Å². The quantitative estimate of drug-likeness (QED) is 0.169. The Balaban J connectivity index is 1.43. The van der Waals surface area contributed by atoms with Crippen LogP contribution >= 0.6 is 23.2 Å². The summed E-state index contributed by atoms with van der Waals surface area (Å²) in [5.41, 5.74) is 3.59. The fourth-order valence-corrected chi connectivity index (χ4v) is 3.33. The number of rotatable bonds is 10. The van der Waals surface area contributed by atoms with Gasteiger partial charge >= 0.3 is 5.97 Å². The van der Waals surface area contributed by atoms with Gasteiger partial charge in [-0.25, -0.2) is 10.2 Å². The largest absolute Gasteiger partial charge is 0.494 e. The lowest BCUT2D eigenvalue weighted by Gasteiger charge is -2.07. The molecule has 0 heterocycles. The summed E-state index contributed by atoms with van der Waals surface area (Å²) in [5, 5.41) is 6.99. The number of ether oxygens (including phenoxy) is 2. The highest BCUT2D eigenvalue weighted by Gasteiger charge is 2.13. The highest BCUT2D eigenvalue weighted by atomic mass is 35.5. The molecular weight excluding hydrogens is 505 g/mol. The number of esters is 1. The average molecular weight is 528 g/mol. The lowest BCUT2D eigenvalue weighted by atomic mass is 10.2. The molecule has 0 saturated carbocycles. The Labute approximate surface area is 218 Å². The third-order valence-electron chi connectivity index (χ3n) is 4.64. The van der Waals surface area contributed by atoms with Crippen molar-refractivity contribution in [2.24, 2.45) is 5.10 Å². The topological polar surface area (TPSA) is 106 Å². The van der Waals surface area contributed by atoms with Gasteiger partial charge in [-0.05, 0) is 78.7 Å². The predicted molar refractivity (Wildman–Crippen MR) is 138 cm³/mol. The van der Waals surface area contributed by atoms with Crippen LogP contribution in [0.5, 0.6) is 11.5 Å². The second-order valence-electron chi connectivity index (χ2n) is 7.43. The van der Waals surface area contributed by atoms with Crippen LogP contribution in [0.4, 0.5) is 0 Å². The first-order valence-electron chi connectivity index (χ1n) is 11.0. The average Bonchev–Trinajstić information content (AvgIpc) is 2.87. The lowest BCUT2D eigenvalue weighted by Crippen LogP contribution is -2.34. The maximum atomic E-state index is 12.3. The fourth-order valence-electron chi connectivity index (χ4n) is 2.84. The van der Waals surface area contributed by atoms with Crippen molar-refractivity contribution in [2.75, 3.05) is 13.2 Å². The van der Waals surface area contributed by atoms with Crippen LogP contribution in [-0.2, 0) is 4.79 Å². The molecule has 8 nitrogen and oxygen atoms in total. The molecule has 0 radical (unpaired) electrons. The van der Waals surface area contributed by atoms with Crippen LogP contribution in [0, 0.1) is 0 Å². The summed E-state index contributed by atoms with van der Waals surface area (Å²) in [5.74, 6) is -0.514. The molecule has 0 saturated heterocycles. The molecule has 0 aliphatic heterocycles. The number of benzene rings is 3. The number of nitrogens with zero attached hydrogens (tertiary/aromatic N) is 1. The molecule has 3 aromatic carbocycles. The van der Waals surface area contributed by atoms with Gasteiger partial charge in [0.05, 0.1) is 30.0 Å². The Kier molecular flexibility index (Phi) is 9.85. The molecule has 0 bridgehead atoms. The summed E-state index contributed by atoms with van der Waals surface area (Å²) in [6.45, 7) is 2.36. The van der Waals surface area contributed by atoms with Gasteiger partial charge in [-0.3, -0.25) is 9.59 Å². The smallest absolute Gasteiger partial charge is 0.345 e. The Morgan fingerprint density at radius 1 is 0.944 bits per heavy atom. The van der Waals surface area contributed by atoms with Crippen molar-refractivity contribution in [1.29, 1.82) is 0 Å². The first-order chi connectivity index (χ1) is 17.4. The number of carbonyl (C=O) groups excluding carboxylic acids is 3. The van der Waals surface area contributed by atoms with Crippen LogP contribution in [0.15, 0.2) is 71.8 Å². The third kappa shape index (κ3) is 8.11. The van der Waals surface area contributed by atoms with Crippen LogP contribution in [-0.4, -0.2) is 37.1 Å². The fraction of sp³-hybridized carbons (Fsp3) is 0.154. The highest BCUT2D eigenvalue weighted by molar-refractivity contribution is 6.36. The Hall–Kier alpha value is -3.88. The van der Waals surface area contributed by atoms with Crippen LogP contribution in [0.1, 0.15) is 39.6 Å². The minimum Gasteiger partial charge on any atom is -0.494 e. The van der Waals surface area contributed by atoms with E-state index in [0.717, 1.165) is 6.42 Å². The first kappa shape index (κ1) is 26.7. The van der Waals surface area contributed by atoms with Crippen molar-refractivity contribution in [3.8, 4) is 11.5 Å². The maximum absolute atomic E-state index is 12.3. The van der Waals surface area contributed by atoms with Gasteiger partial charge < -0.3 is 14.8 Å². The summed E-state index contributed by atoms with van der Waals surface area (Å²) in [4.78, 5) is 36.4. The zero-order valence-electron chi connectivity index (χ0n) is 19.3. The van der Waals surface area contributed by atoms with Crippen LogP contribution in [0.2, 0.25) is 10.0 Å². The molecule has 0 unspecified atom stereocenters. The number of nitrogens with one attached hydrogen (secondary N) is 2. The molecule has 36 heavy (non-hydrogen) atoms. The van der Waals surface area contributed by atoms with Gasteiger partial charge in [0.25, 0.3) is 11.8 Å². The summed E-state index contributed by atoms with van der Waals surface area (Å²) >= 11 is 11.9. The zero-order chi connectivity index (χ0) is 25.9. The molecule has 0 atom stereocenters. The van der Waals surface area contributed by atoms with Crippen molar-refractivity contribution in [1.82, 2.24) is 10.7 Å². The van der Waals surface area contributed by atoms with Crippen molar-refractivity contribution in [2.45, 2.75) is 13.3 Å². The van der Waals surface area contributed by atoms with Crippen molar-refractivity contribution in [3.05, 3.63) is 93.5 Å². The van der Waals surface area contributed by atoms with E-state index in [1.807, 2.05) is 6.92 Å². The SMILES string of the molecule is CCCOc1ccc(C(=O)NCC(=O)NN=Cc2ccc(OC(=O)c3ccc(Cl)cc3Cl)cc2)cc1. The second-order valence-corrected chi connectivity index (χ2v) is 8.28. The maximum Gasteiger partial charge on any atom is 0.345 e. The van der Waals surface area contributed by atoms with E-state index in [2.05, 4.69) is 15.8 Å². The standard InChI is InChI=1S/C26H23Cl2N3O5/c1-2-13-35-20-10-5-18(6-11-20)25(33)29-16-24(32)31-30-15-17-3-8-21(9-4-17)36-26(34)22-12-7-19(27)14-23(22)28/h3-12,14-15H,2,13,16H2,1H3,(H,29,33)(H,31,32). The molecule has 2 N–H and O–H groups in total. The van der Waals surface area contributed by atoms with Gasteiger partial charge in [-0.1, -0.05) is 30.1 Å². The molecule has 2 amide bonds. The molecule has 3 rings (SSSR count). The van der Waals surface area contributed by atoms with Crippen LogP contribution in [0.3, 0.4) is 0 Å². The van der Waals surface area contributed by atoms with Crippen LogP contribution in [0.25, 0.3) is 0 Å². The Morgan fingerprint density at radius 2 is 1.64 bits per heavy atom. The molecular formula is C26H23Cl2N3O5. The van der Waals surface area contributed by atoms with Crippen molar-refractivity contribution < 1.29 is 23.9 Å². The van der Waals surface area contributed by atoms with Crippen molar-refractivity contribution >= 4 is 47.2 Å².